The smallest absolute Gasteiger partial charge is 0.0395 e. The summed E-state index contributed by atoms with van der Waals surface area (Å²) in [5.74, 6) is 0. The van der Waals surface area contributed by atoms with E-state index in [0.717, 1.165) is 0 Å². The number of hydrogen-bond acceptors (Lipinski definition) is 0. The van der Waals surface area contributed by atoms with Crippen molar-refractivity contribution in [3.8, 4) is 0 Å². The van der Waals surface area contributed by atoms with Crippen LogP contribution >= 0.6 is 0 Å². The van der Waals surface area contributed by atoms with Gasteiger partial charge >= 0.3 is 0 Å². The lowest BCUT2D eigenvalue weighted by Gasteiger charge is -1.98. The van der Waals surface area contributed by atoms with Crippen LogP contribution in [0.4, 0.5) is 0 Å². The van der Waals surface area contributed by atoms with Crippen LogP contribution in [0, 0.1) is 34.6 Å². The monoisotopic (exact) mass is 346 g/mol. The molecule has 0 atom stereocenters. The molecule has 0 aliphatic carbocycles. The molecule has 0 heteroatoms. The van der Waals surface area contributed by atoms with E-state index >= 15 is 0 Å². The number of hydrogen-bond donors (Lipinski definition) is 0. The Morgan fingerprint density at radius 3 is 0.880 bits per heavy atom. The van der Waals surface area contributed by atoms with E-state index in [2.05, 4.69) is 77.1 Å². The van der Waals surface area contributed by atoms with Gasteiger partial charge in [0.05, 0.1) is 0 Å². The van der Waals surface area contributed by atoms with Gasteiger partial charge in [0.2, 0.25) is 0 Å². The Balaban J connectivity index is -0.000000127. The standard InChI is InChI=1S/C9H12.C8H10.4C2H6/c1-7-4-5-8(2)9(3)6-7;1-7-3-5-8(2)6-4-7;4*1-2/h4-6H,1-3H3;3-6H,1-2H3;4*1-2H3. The van der Waals surface area contributed by atoms with Gasteiger partial charge in [0.1, 0.15) is 0 Å². The fourth-order valence-corrected chi connectivity index (χ4v) is 1.53. The highest BCUT2D eigenvalue weighted by Gasteiger charge is 1.89. The third kappa shape index (κ3) is 20.4. The van der Waals surface area contributed by atoms with E-state index in [-0.39, 0.29) is 0 Å². The van der Waals surface area contributed by atoms with E-state index in [1.54, 1.807) is 0 Å². The number of rotatable bonds is 0. The van der Waals surface area contributed by atoms with Crippen molar-refractivity contribution in [1.29, 1.82) is 0 Å². The molecule has 146 valence electrons. The normalized spacial score (nSPS) is 7.40. The molecule has 0 spiro atoms. The molecule has 0 saturated carbocycles. The van der Waals surface area contributed by atoms with Crippen LogP contribution in [0.1, 0.15) is 83.2 Å². The van der Waals surface area contributed by atoms with E-state index in [9.17, 15) is 0 Å². The molecule has 0 aliphatic rings. The summed E-state index contributed by atoms with van der Waals surface area (Å²) in [6.07, 6.45) is 0. The molecule has 0 bridgehead atoms. The molecule has 0 nitrogen and oxygen atoms in total. The van der Waals surface area contributed by atoms with Gasteiger partial charge in [-0.25, -0.2) is 0 Å². The summed E-state index contributed by atoms with van der Waals surface area (Å²) in [6, 6.07) is 15.0. The lowest BCUT2D eigenvalue weighted by Crippen LogP contribution is -1.79. The quantitative estimate of drug-likeness (QED) is 0.446. The molecule has 0 amide bonds. The molecule has 0 heterocycles. The molecular formula is C25H46. The molecule has 25 heavy (non-hydrogen) atoms. The van der Waals surface area contributed by atoms with E-state index in [1.807, 2.05) is 55.4 Å². The van der Waals surface area contributed by atoms with Crippen molar-refractivity contribution in [3.63, 3.8) is 0 Å². The second-order valence-corrected chi connectivity index (χ2v) is 4.74. The Morgan fingerprint density at radius 2 is 0.640 bits per heavy atom. The first-order valence-electron chi connectivity index (χ1n) is 10.1. The van der Waals surface area contributed by atoms with Gasteiger partial charge in [-0.2, -0.15) is 0 Å². The molecule has 0 radical (unpaired) electrons. The third-order valence-electron chi connectivity index (χ3n) is 2.88. The second-order valence-electron chi connectivity index (χ2n) is 4.74. The van der Waals surface area contributed by atoms with Crippen LogP contribution in [0.3, 0.4) is 0 Å². The van der Waals surface area contributed by atoms with Crippen LogP contribution in [-0.4, -0.2) is 0 Å². The highest BCUT2D eigenvalue weighted by atomic mass is 13.9. The fraction of sp³-hybridized carbons (Fsp3) is 0.520. The molecular weight excluding hydrogens is 300 g/mol. The average Bonchev–Trinajstić information content (AvgIpc) is 2.68. The Kier molecular flexibility index (Phi) is 30.8. The first kappa shape index (κ1) is 31.2. The summed E-state index contributed by atoms with van der Waals surface area (Å²) in [5, 5.41) is 0. The molecule has 0 unspecified atom stereocenters. The van der Waals surface area contributed by atoms with Gasteiger partial charge in [0, 0.05) is 0 Å². The van der Waals surface area contributed by atoms with Crippen molar-refractivity contribution in [2.45, 2.75) is 90.0 Å². The maximum atomic E-state index is 2.20. The predicted octanol–water partition coefficient (Wildman–Crippen LogP) is 9.02. The van der Waals surface area contributed by atoms with Crippen LogP contribution in [-0.2, 0) is 0 Å². The zero-order valence-electron chi connectivity index (χ0n) is 19.5. The minimum atomic E-state index is 1.33. The van der Waals surface area contributed by atoms with Gasteiger partial charge in [-0.15, -0.1) is 0 Å². The van der Waals surface area contributed by atoms with Crippen molar-refractivity contribution in [1.82, 2.24) is 0 Å². The summed E-state index contributed by atoms with van der Waals surface area (Å²) in [6.45, 7) is 26.6. The van der Waals surface area contributed by atoms with Gasteiger partial charge < -0.3 is 0 Å². The maximum Gasteiger partial charge on any atom is -0.0395 e. The van der Waals surface area contributed by atoms with Crippen molar-refractivity contribution >= 4 is 0 Å². The molecule has 0 saturated heterocycles. The SMILES string of the molecule is CC.CC.CC.CC.Cc1ccc(C)c(C)c1.Cc1ccc(C)cc1. The predicted molar refractivity (Wildman–Crippen MR) is 122 cm³/mol. The first-order chi connectivity index (χ1) is 12.0. The van der Waals surface area contributed by atoms with Crippen molar-refractivity contribution in [3.05, 3.63) is 70.3 Å². The summed E-state index contributed by atoms with van der Waals surface area (Å²) >= 11 is 0. The highest BCUT2D eigenvalue weighted by Crippen LogP contribution is 2.07. The van der Waals surface area contributed by atoms with Crippen molar-refractivity contribution < 1.29 is 0 Å². The lowest BCUT2D eigenvalue weighted by molar-refractivity contribution is 1.30. The van der Waals surface area contributed by atoms with Crippen LogP contribution in [0.25, 0.3) is 0 Å². The van der Waals surface area contributed by atoms with E-state index in [0.29, 0.717) is 0 Å². The molecule has 0 fully saturated rings. The molecule has 2 aromatic carbocycles. The fourth-order valence-electron chi connectivity index (χ4n) is 1.53. The average molecular weight is 347 g/mol. The van der Waals surface area contributed by atoms with Crippen LogP contribution < -0.4 is 0 Å². The summed E-state index contributed by atoms with van der Waals surface area (Å²) in [7, 11) is 0. The molecule has 0 N–H and O–H groups in total. The Hall–Kier alpha value is -1.56. The third-order valence-corrected chi connectivity index (χ3v) is 2.88. The molecule has 0 aliphatic heterocycles. The zero-order valence-corrected chi connectivity index (χ0v) is 19.5. The largest absolute Gasteiger partial charge is 0.0683 e. The van der Waals surface area contributed by atoms with Crippen molar-refractivity contribution in [2.24, 2.45) is 0 Å². The van der Waals surface area contributed by atoms with Crippen LogP contribution in [0.15, 0.2) is 42.5 Å². The summed E-state index contributed by atoms with van der Waals surface area (Å²) in [4.78, 5) is 0. The minimum Gasteiger partial charge on any atom is -0.0683 e. The van der Waals surface area contributed by atoms with Crippen molar-refractivity contribution in [2.75, 3.05) is 0 Å². The minimum absolute atomic E-state index is 1.33. The highest BCUT2D eigenvalue weighted by molar-refractivity contribution is 5.28. The number of benzene rings is 2. The topological polar surface area (TPSA) is 0 Å². The summed E-state index contributed by atoms with van der Waals surface area (Å²) in [5.41, 5.74) is 6.76. The van der Waals surface area contributed by atoms with Crippen LogP contribution in [0.5, 0.6) is 0 Å². The van der Waals surface area contributed by atoms with E-state index in [1.165, 1.54) is 27.8 Å². The Labute approximate surface area is 160 Å². The maximum absolute atomic E-state index is 2.20. The number of aryl methyl sites for hydroxylation is 5. The first-order valence-corrected chi connectivity index (χ1v) is 10.1. The van der Waals surface area contributed by atoms with Gasteiger partial charge in [-0.3, -0.25) is 0 Å². The van der Waals surface area contributed by atoms with Gasteiger partial charge in [-0.1, -0.05) is 115 Å². The zero-order chi connectivity index (χ0) is 20.8. The van der Waals surface area contributed by atoms with Gasteiger partial charge in [0.15, 0.2) is 0 Å². The lowest BCUT2D eigenvalue weighted by atomic mass is 10.1. The molecule has 2 rings (SSSR count). The summed E-state index contributed by atoms with van der Waals surface area (Å²) < 4.78 is 0. The molecule has 0 aromatic heterocycles. The molecule has 2 aromatic rings. The van der Waals surface area contributed by atoms with Crippen LogP contribution in [0.2, 0.25) is 0 Å². The Morgan fingerprint density at radius 1 is 0.360 bits per heavy atom. The second kappa shape index (κ2) is 24.7. The van der Waals surface area contributed by atoms with E-state index in [4.69, 9.17) is 0 Å². The van der Waals surface area contributed by atoms with E-state index < -0.39 is 0 Å². The Bertz CT molecular complexity index is 443. The van der Waals surface area contributed by atoms with Gasteiger partial charge in [-0.05, 0) is 45.7 Å². The van der Waals surface area contributed by atoms with Gasteiger partial charge in [0.25, 0.3) is 0 Å².